The molecule has 0 radical (unpaired) electrons. The fourth-order valence-electron chi connectivity index (χ4n) is 4.29. The number of Topliss-reactive ketones (excluding diaryl/α,β-unsaturated/α-hetero) is 1. The largest absolute Gasteiger partial charge is 0.726 e. The van der Waals surface area contributed by atoms with Crippen LogP contribution in [0.15, 0.2) is 29.8 Å². The molecule has 0 N–H and O–H groups in total. The van der Waals surface area contributed by atoms with Gasteiger partial charge in [-0.25, -0.2) is 8.42 Å². The Bertz CT molecular complexity index is 878. The quantitative estimate of drug-likeness (QED) is 0.331. The van der Waals surface area contributed by atoms with Gasteiger partial charge in [0.2, 0.25) is 10.4 Å². The van der Waals surface area contributed by atoms with Crippen LogP contribution < -0.4 is 4.48 Å². The van der Waals surface area contributed by atoms with Gasteiger partial charge in [0.05, 0.1) is 28.3 Å². The zero-order valence-electron chi connectivity index (χ0n) is 17.8. The van der Waals surface area contributed by atoms with Crippen LogP contribution in [-0.2, 0) is 19.4 Å². The fraction of sp³-hybridized carbons (Fsp3) is 0.571. The third-order valence-corrected chi connectivity index (χ3v) is 6.97. The maximum absolute atomic E-state index is 12.9. The Balaban J connectivity index is 0.000000409. The van der Waals surface area contributed by atoms with E-state index in [1.807, 2.05) is 0 Å². The Morgan fingerprint density at radius 1 is 1.14 bits per heavy atom. The minimum absolute atomic E-state index is 0.0954. The molecule has 2 fully saturated rings. The van der Waals surface area contributed by atoms with Crippen LogP contribution in [0.5, 0.6) is 0 Å². The molecule has 0 amide bonds. The van der Waals surface area contributed by atoms with E-state index >= 15 is 0 Å². The summed E-state index contributed by atoms with van der Waals surface area (Å²) in [5.74, 6) is 0.799. The number of ketones is 1. The summed E-state index contributed by atoms with van der Waals surface area (Å²) in [6, 6.07) is 8.61. The van der Waals surface area contributed by atoms with Crippen molar-refractivity contribution in [3.63, 3.8) is 0 Å². The highest BCUT2D eigenvalue weighted by Crippen LogP contribution is 2.65. The molecule has 1 aromatic rings. The van der Waals surface area contributed by atoms with Gasteiger partial charge in [0.15, 0.2) is 5.78 Å². The van der Waals surface area contributed by atoms with Gasteiger partial charge in [-0.3, -0.25) is 13.5 Å². The van der Waals surface area contributed by atoms with Crippen LogP contribution >= 0.6 is 0 Å². The molecule has 2 aliphatic carbocycles. The predicted molar refractivity (Wildman–Crippen MR) is 110 cm³/mol. The molecule has 28 heavy (non-hydrogen) atoms. The molecule has 3 rings (SSSR count). The molecule has 2 atom stereocenters. The normalized spacial score (nSPS) is 27.6. The standard InChI is InChI=1S/C20H28NO.CH4O4S/c1-19(2)17-11-12-20(19,3)18(22)16(17)13-14-7-9-15(10-8-14)21(4,5)6;1-5-6(2,3)4/h7-10,13,17H,11-12H2,1-6H3;1H3,(H,2,3,4)/q+1;/p-1/t17-,20+;/m1./s1. The number of benzene rings is 1. The zero-order valence-corrected chi connectivity index (χ0v) is 18.6. The lowest BCUT2D eigenvalue weighted by Gasteiger charge is -2.31. The molecule has 2 bridgehead atoms. The zero-order chi connectivity index (χ0) is 21.5. The first-order valence-electron chi connectivity index (χ1n) is 9.33. The van der Waals surface area contributed by atoms with Gasteiger partial charge >= 0.3 is 0 Å². The molecule has 6 nitrogen and oxygen atoms in total. The van der Waals surface area contributed by atoms with Gasteiger partial charge in [-0.1, -0.05) is 20.8 Å². The SMILES string of the molecule is CC1(C)[C@@H]2CC[C@@]1(C)C(=O)C2=Cc1ccc([N+](C)(C)C)cc1.COS(=O)(=O)[O-]. The summed E-state index contributed by atoms with van der Waals surface area (Å²) < 4.78 is 31.8. The summed E-state index contributed by atoms with van der Waals surface area (Å²) in [6.45, 7) is 6.70. The summed E-state index contributed by atoms with van der Waals surface area (Å²) in [4.78, 5) is 12.9. The van der Waals surface area contributed by atoms with E-state index in [1.165, 1.54) is 5.69 Å². The van der Waals surface area contributed by atoms with Crippen LogP contribution in [0.4, 0.5) is 5.69 Å². The lowest BCUT2D eigenvalue weighted by molar-refractivity contribution is -0.125. The first-order valence-corrected chi connectivity index (χ1v) is 10.7. The highest BCUT2D eigenvalue weighted by molar-refractivity contribution is 7.80. The van der Waals surface area contributed by atoms with Crippen molar-refractivity contribution < 1.29 is 21.9 Å². The summed E-state index contributed by atoms with van der Waals surface area (Å²) in [6.07, 6.45) is 4.33. The van der Waals surface area contributed by atoms with E-state index in [-0.39, 0.29) is 10.8 Å². The van der Waals surface area contributed by atoms with E-state index in [0.717, 1.165) is 35.6 Å². The third-order valence-electron chi connectivity index (χ3n) is 6.56. The van der Waals surface area contributed by atoms with Crippen LogP contribution in [0.2, 0.25) is 0 Å². The molecule has 0 unspecified atom stereocenters. The number of rotatable bonds is 3. The van der Waals surface area contributed by atoms with E-state index in [9.17, 15) is 17.8 Å². The Morgan fingerprint density at radius 2 is 1.64 bits per heavy atom. The summed E-state index contributed by atoms with van der Waals surface area (Å²) in [5.41, 5.74) is 3.40. The second kappa shape index (κ2) is 7.37. The van der Waals surface area contributed by atoms with E-state index < -0.39 is 10.4 Å². The molecular formula is C21H31NO5S. The highest BCUT2D eigenvalue weighted by Gasteiger charge is 2.63. The van der Waals surface area contributed by atoms with Gasteiger partial charge in [0.1, 0.15) is 5.69 Å². The smallest absolute Gasteiger partial charge is 0.217 e. The van der Waals surface area contributed by atoms with Crippen LogP contribution in [0.1, 0.15) is 39.2 Å². The van der Waals surface area contributed by atoms with Gasteiger partial charge in [-0.15, -0.1) is 0 Å². The Morgan fingerprint density at radius 3 is 2.00 bits per heavy atom. The van der Waals surface area contributed by atoms with Gasteiger partial charge in [-0.2, -0.15) is 0 Å². The maximum atomic E-state index is 12.9. The number of allylic oxidation sites excluding steroid dienone is 1. The van der Waals surface area contributed by atoms with E-state index in [1.54, 1.807) is 0 Å². The lowest BCUT2D eigenvalue weighted by Crippen LogP contribution is -2.34. The van der Waals surface area contributed by atoms with Crippen molar-refractivity contribution >= 4 is 27.9 Å². The molecule has 1 aromatic carbocycles. The number of nitrogens with zero attached hydrogens (tertiary/aromatic N) is 1. The average molecular weight is 410 g/mol. The van der Waals surface area contributed by atoms with E-state index in [2.05, 4.69) is 76.4 Å². The van der Waals surface area contributed by atoms with Gasteiger partial charge in [0, 0.05) is 5.41 Å². The second-order valence-corrected chi connectivity index (χ2v) is 10.4. The van der Waals surface area contributed by atoms with Crippen molar-refractivity contribution in [1.29, 1.82) is 0 Å². The van der Waals surface area contributed by atoms with E-state index in [4.69, 9.17) is 0 Å². The molecule has 0 aliphatic heterocycles. The molecule has 0 aromatic heterocycles. The third kappa shape index (κ3) is 4.22. The van der Waals surface area contributed by atoms with Crippen molar-refractivity contribution in [1.82, 2.24) is 4.48 Å². The summed E-state index contributed by atoms with van der Waals surface area (Å²) in [5, 5.41) is 0. The van der Waals surface area contributed by atoms with Gasteiger partial charge in [0.25, 0.3) is 0 Å². The monoisotopic (exact) mass is 409 g/mol. The number of carbonyl (C=O) groups is 1. The minimum Gasteiger partial charge on any atom is -0.726 e. The Hall–Kier alpha value is -1.54. The maximum Gasteiger partial charge on any atom is 0.217 e. The summed E-state index contributed by atoms with van der Waals surface area (Å²) in [7, 11) is 2.88. The molecule has 0 saturated heterocycles. The molecule has 7 heteroatoms. The topological polar surface area (TPSA) is 83.5 Å². The lowest BCUT2D eigenvalue weighted by atomic mass is 9.70. The molecular weight excluding hydrogens is 378 g/mol. The molecule has 0 spiro atoms. The molecule has 2 saturated carbocycles. The van der Waals surface area contributed by atoms with Crippen molar-refractivity contribution in [3.8, 4) is 0 Å². The first kappa shape index (κ1) is 22.7. The van der Waals surface area contributed by atoms with Gasteiger partial charge < -0.3 is 4.55 Å². The number of hydrogen-bond donors (Lipinski definition) is 0. The number of hydrogen-bond acceptors (Lipinski definition) is 5. The van der Waals surface area contributed by atoms with Crippen LogP contribution in [0.25, 0.3) is 6.08 Å². The molecule has 156 valence electrons. The predicted octanol–water partition coefficient (Wildman–Crippen LogP) is 3.38. The summed E-state index contributed by atoms with van der Waals surface area (Å²) >= 11 is 0. The van der Waals surface area contributed by atoms with Crippen molar-refractivity contribution in [2.24, 2.45) is 16.7 Å². The molecule has 0 heterocycles. The Kier molecular flexibility index (Phi) is 5.99. The highest BCUT2D eigenvalue weighted by atomic mass is 32.3. The Labute approximate surface area is 168 Å². The average Bonchev–Trinajstić information content (AvgIpc) is 2.88. The number of carbonyl (C=O) groups excluding carboxylic acids is 1. The fourth-order valence-corrected chi connectivity index (χ4v) is 4.29. The van der Waals surface area contributed by atoms with Crippen molar-refractivity contribution in [2.75, 3.05) is 28.3 Å². The van der Waals surface area contributed by atoms with Gasteiger partial charge in [-0.05, 0) is 65.7 Å². The van der Waals surface area contributed by atoms with E-state index in [0.29, 0.717) is 11.7 Å². The second-order valence-electron chi connectivity index (χ2n) is 9.25. The van der Waals surface area contributed by atoms with Crippen molar-refractivity contribution in [3.05, 3.63) is 35.4 Å². The van der Waals surface area contributed by atoms with Crippen molar-refractivity contribution in [2.45, 2.75) is 33.6 Å². The van der Waals surface area contributed by atoms with Crippen LogP contribution in [0.3, 0.4) is 0 Å². The van der Waals surface area contributed by atoms with Crippen LogP contribution in [0, 0.1) is 16.7 Å². The van der Waals surface area contributed by atoms with Crippen LogP contribution in [-0.4, -0.2) is 47.0 Å². The number of fused-ring (bicyclic) bond motifs is 2. The molecule has 2 aliphatic rings. The first-order chi connectivity index (χ1) is 12.6. The number of quaternary nitrogens is 1. The minimum atomic E-state index is -4.41.